The number of amides is 1. The Morgan fingerprint density at radius 3 is 2.81 bits per heavy atom. The van der Waals surface area contributed by atoms with Crippen LogP contribution < -0.4 is 5.32 Å². The molecule has 2 unspecified atom stereocenters. The van der Waals surface area contributed by atoms with Gasteiger partial charge < -0.3 is 9.32 Å². The van der Waals surface area contributed by atoms with Crippen molar-refractivity contribution in [1.82, 2.24) is 10.2 Å². The predicted octanol–water partition coefficient (Wildman–Crippen LogP) is 1.47. The summed E-state index contributed by atoms with van der Waals surface area (Å²) >= 11 is 0. The highest BCUT2D eigenvalue weighted by Crippen LogP contribution is 2.18. The number of hydrogen-bond donors (Lipinski definition) is 1. The molecule has 4 heteroatoms. The monoisotopic (exact) mass is 222 g/mol. The van der Waals surface area contributed by atoms with Crippen molar-refractivity contribution < 1.29 is 9.21 Å². The van der Waals surface area contributed by atoms with E-state index in [-0.39, 0.29) is 18.0 Å². The highest BCUT2D eigenvalue weighted by Gasteiger charge is 2.30. The van der Waals surface area contributed by atoms with Crippen LogP contribution in [-0.4, -0.2) is 30.4 Å². The van der Waals surface area contributed by atoms with E-state index in [9.17, 15) is 4.79 Å². The summed E-state index contributed by atoms with van der Waals surface area (Å²) in [6.07, 6.45) is 0.874. The van der Waals surface area contributed by atoms with Gasteiger partial charge in [0.2, 0.25) is 5.91 Å². The zero-order valence-corrected chi connectivity index (χ0v) is 9.99. The minimum absolute atomic E-state index is 0.0644. The lowest BCUT2D eigenvalue weighted by molar-refractivity contribution is -0.128. The molecule has 1 aromatic heterocycles. The van der Waals surface area contributed by atoms with E-state index in [1.165, 1.54) is 0 Å². The van der Waals surface area contributed by atoms with E-state index in [1.807, 2.05) is 33.0 Å². The third-order valence-corrected chi connectivity index (χ3v) is 3.07. The number of rotatable bonds is 3. The summed E-state index contributed by atoms with van der Waals surface area (Å²) in [5, 5.41) is 3.30. The van der Waals surface area contributed by atoms with Crippen molar-refractivity contribution in [2.24, 2.45) is 0 Å². The van der Waals surface area contributed by atoms with Gasteiger partial charge in [0, 0.05) is 13.6 Å². The van der Waals surface area contributed by atoms with E-state index < -0.39 is 0 Å². The summed E-state index contributed by atoms with van der Waals surface area (Å²) in [4.78, 5) is 13.5. The zero-order valence-electron chi connectivity index (χ0n) is 9.99. The third kappa shape index (κ3) is 2.11. The van der Waals surface area contributed by atoms with Gasteiger partial charge in [-0.1, -0.05) is 0 Å². The zero-order chi connectivity index (χ0) is 11.7. The Kier molecular flexibility index (Phi) is 3.01. The quantitative estimate of drug-likeness (QED) is 0.842. The Morgan fingerprint density at radius 1 is 1.56 bits per heavy atom. The average molecular weight is 222 g/mol. The molecule has 2 heterocycles. The number of carbonyl (C=O) groups is 1. The van der Waals surface area contributed by atoms with E-state index in [2.05, 4.69) is 5.32 Å². The second-order valence-corrected chi connectivity index (χ2v) is 4.44. The molecule has 1 aromatic rings. The largest absolute Gasteiger partial charge is 0.465 e. The van der Waals surface area contributed by atoms with Gasteiger partial charge in [-0.25, -0.2) is 0 Å². The summed E-state index contributed by atoms with van der Waals surface area (Å²) in [6, 6.07) is 3.91. The second kappa shape index (κ2) is 4.29. The topological polar surface area (TPSA) is 45.5 Å². The molecule has 1 N–H and O–H groups in total. The number of carbonyl (C=O) groups excluding carboxylic acids is 1. The predicted molar refractivity (Wildman–Crippen MR) is 61.0 cm³/mol. The molecule has 4 nitrogen and oxygen atoms in total. The van der Waals surface area contributed by atoms with Crippen LogP contribution in [0.15, 0.2) is 16.5 Å². The molecule has 0 spiro atoms. The highest BCUT2D eigenvalue weighted by atomic mass is 16.3. The molecule has 0 saturated carbocycles. The first-order valence-electron chi connectivity index (χ1n) is 5.65. The molecule has 2 rings (SSSR count). The first-order chi connectivity index (χ1) is 7.58. The van der Waals surface area contributed by atoms with Crippen molar-refractivity contribution in [3.63, 3.8) is 0 Å². The first-order valence-corrected chi connectivity index (χ1v) is 5.65. The van der Waals surface area contributed by atoms with Crippen molar-refractivity contribution >= 4 is 5.91 Å². The smallest absolute Gasteiger partial charge is 0.239 e. The molecule has 0 aliphatic carbocycles. The Hall–Kier alpha value is -1.29. The van der Waals surface area contributed by atoms with Crippen molar-refractivity contribution in [1.29, 1.82) is 0 Å². The van der Waals surface area contributed by atoms with Crippen molar-refractivity contribution in [2.75, 3.05) is 13.6 Å². The third-order valence-electron chi connectivity index (χ3n) is 3.07. The van der Waals surface area contributed by atoms with Gasteiger partial charge in [0.25, 0.3) is 0 Å². The highest BCUT2D eigenvalue weighted by molar-refractivity contribution is 5.83. The van der Waals surface area contributed by atoms with Crippen LogP contribution in [0.2, 0.25) is 0 Å². The molecule has 1 amide bonds. The number of nitrogens with zero attached hydrogens (tertiary/aromatic N) is 1. The first kappa shape index (κ1) is 11.2. The maximum Gasteiger partial charge on any atom is 0.239 e. The maximum absolute atomic E-state index is 11.7. The summed E-state index contributed by atoms with van der Waals surface area (Å²) < 4.78 is 5.53. The van der Waals surface area contributed by atoms with Crippen LogP contribution in [0, 0.1) is 6.92 Å². The molecule has 88 valence electrons. The van der Waals surface area contributed by atoms with Crippen LogP contribution in [-0.2, 0) is 4.79 Å². The van der Waals surface area contributed by atoms with Gasteiger partial charge in [-0.15, -0.1) is 0 Å². The molecule has 1 aliphatic heterocycles. The second-order valence-electron chi connectivity index (χ2n) is 4.44. The minimum atomic E-state index is -0.0644. The Bertz CT molecular complexity index is 386. The minimum Gasteiger partial charge on any atom is -0.465 e. The molecule has 1 saturated heterocycles. The SMILES string of the molecule is Cc1ccc(C(C)NC2CCN(C)C2=O)o1. The number of aryl methyl sites for hydroxylation is 1. The summed E-state index contributed by atoms with van der Waals surface area (Å²) in [7, 11) is 1.84. The Morgan fingerprint density at radius 2 is 2.31 bits per heavy atom. The molecule has 0 bridgehead atoms. The number of nitrogens with one attached hydrogen (secondary N) is 1. The van der Waals surface area contributed by atoms with Gasteiger partial charge in [-0.2, -0.15) is 0 Å². The average Bonchev–Trinajstić information content (AvgIpc) is 2.79. The lowest BCUT2D eigenvalue weighted by Gasteiger charge is -2.16. The van der Waals surface area contributed by atoms with E-state index in [4.69, 9.17) is 4.42 Å². The van der Waals surface area contributed by atoms with E-state index in [0.717, 1.165) is 24.5 Å². The van der Waals surface area contributed by atoms with Gasteiger partial charge in [0.05, 0.1) is 12.1 Å². The number of likely N-dealkylation sites (N-methyl/N-ethyl adjacent to an activating group) is 1. The fraction of sp³-hybridized carbons (Fsp3) is 0.583. The van der Waals surface area contributed by atoms with E-state index in [1.54, 1.807) is 4.90 Å². The summed E-state index contributed by atoms with van der Waals surface area (Å²) in [6.45, 7) is 4.77. The number of likely N-dealkylation sites (tertiary alicyclic amines) is 1. The molecular weight excluding hydrogens is 204 g/mol. The van der Waals surface area contributed by atoms with Crippen LogP contribution in [0.5, 0.6) is 0 Å². The van der Waals surface area contributed by atoms with Crippen LogP contribution in [0.1, 0.15) is 30.9 Å². The fourth-order valence-electron chi connectivity index (χ4n) is 2.05. The normalized spacial score (nSPS) is 22.8. The Balaban J connectivity index is 1.97. The van der Waals surface area contributed by atoms with Gasteiger partial charge >= 0.3 is 0 Å². The van der Waals surface area contributed by atoms with Crippen molar-refractivity contribution in [3.05, 3.63) is 23.7 Å². The maximum atomic E-state index is 11.7. The fourth-order valence-corrected chi connectivity index (χ4v) is 2.05. The Labute approximate surface area is 95.6 Å². The van der Waals surface area contributed by atoms with E-state index >= 15 is 0 Å². The van der Waals surface area contributed by atoms with Gasteiger partial charge in [-0.05, 0) is 32.4 Å². The van der Waals surface area contributed by atoms with Crippen molar-refractivity contribution in [3.8, 4) is 0 Å². The van der Waals surface area contributed by atoms with Gasteiger partial charge in [-0.3, -0.25) is 10.1 Å². The lowest BCUT2D eigenvalue weighted by Crippen LogP contribution is -2.38. The summed E-state index contributed by atoms with van der Waals surface area (Å²) in [5.74, 6) is 1.97. The van der Waals surface area contributed by atoms with Crippen molar-refractivity contribution in [2.45, 2.75) is 32.4 Å². The molecule has 0 aromatic carbocycles. The molecule has 0 radical (unpaired) electrons. The number of furan rings is 1. The molecule has 2 atom stereocenters. The van der Waals surface area contributed by atoms with Gasteiger partial charge in [0.1, 0.15) is 11.5 Å². The van der Waals surface area contributed by atoms with Crippen LogP contribution >= 0.6 is 0 Å². The van der Waals surface area contributed by atoms with Crippen LogP contribution in [0.3, 0.4) is 0 Å². The molecule has 1 aliphatic rings. The standard InChI is InChI=1S/C12H18N2O2/c1-8-4-5-11(16-8)9(2)13-10-6-7-14(3)12(10)15/h4-5,9-10,13H,6-7H2,1-3H3. The van der Waals surface area contributed by atoms with Crippen LogP contribution in [0.4, 0.5) is 0 Å². The summed E-state index contributed by atoms with van der Waals surface area (Å²) in [5.41, 5.74) is 0. The lowest BCUT2D eigenvalue weighted by atomic mass is 10.2. The van der Waals surface area contributed by atoms with Crippen LogP contribution in [0.25, 0.3) is 0 Å². The molecule has 1 fully saturated rings. The molecule has 16 heavy (non-hydrogen) atoms. The molecular formula is C12H18N2O2. The van der Waals surface area contributed by atoms with E-state index in [0.29, 0.717) is 0 Å². The van der Waals surface area contributed by atoms with Gasteiger partial charge in [0.15, 0.2) is 0 Å². The number of hydrogen-bond acceptors (Lipinski definition) is 3.